The lowest BCUT2D eigenvalue weighted by Gasteiger charge is -2.36. The van der Waals surface area contributed by atoms with Gasteiger partial charge in [0.1, 0.15) is 5.75 Å². The largest absolute Gasteiger partial charge is 0.492 e. The molecule has 0 unspecified atom stereocenters. The molecule has 0 spiro atoms. The second-order valence-corrected chi connectivity index (χ2v) is 7.13. The summed E-state index contributed by atoms with van der Waals surface area (Å²) in [5, 5.41) is 2.95. The van der Waals surface area contributed by atoms with E-state index in [4.69, 9.17) is 4.74 Å². The number of carbonyl (C=O) groups is 1. The molecule has 1 aliphatic heterocycles. The number of halogens is 1. The minimum atomic E-state index is 0.0236. The average molecular weight is 418 g/mol. The zero-order valence-electron chi connectivity index (χ0n) is 15.0. The number of hydrogen-bond acceptors (Lipinski definition) is 4. The Labute approximate surface area is 163 Å². The van der Waals surface area contributed by atoms with Crippen molar-refractivity contribution in [2.45, 2.75) is 6.92 Å². The molecular weight excluding hydrogens is 394 g/mol. The second-order valence-electron chi connectivity index (χ2n) is 6.22. The van der Waals surface area contributed by atoms with E-state index in [2.05, 4.69) is 37.1 Å². The number of hydrogen-bond donors (Lipinski definition) is 1. The predicted molar refractivity (Wildman–Crippen MR) is 109 cm³/mol. The van der Waals surface area contributed by atoms with Crippen molar-refractivity contribution in [3.8, 4) is 5.75 Å². The summed E-state index contributed by atoms with van der Waals surface area (Å²) >= 11 is 3.40. The maximum absolute atomic E-state index is 12.3. The van der Waals surface area contributed by atoms with Crippen molar-refractivity contribution in [1.82, 2.24) is 4.90 Å². The first-order chi connectivity index (χ1) is 12.7. The molecule has 138 valence electrons. The molecule has 0 aromatic heterocycles. The molecule has 26 heavy (non-hydrogen) atoms. The fraction of sp³-hybridized carbons (Fsp3) is 0.350. The Hall–Kier alpha value is -2.05. The lowest BCUT2D eigenvalue weighted by molar-refractivity contribution is -0.117. The molecule has 3 rings (SSSR count). The fourth-order valence-electron chi connectivity index (χ4n) is 3.08. The molecule has 0 bridgehead atoms. The molecule has 1 heterocycles. The summed E-state index contributed by atoms with van der Waals surface area (Å²) in [6.07, 6.45) is 0. The highest BCUT2D eigenvalue weighted by molar-refractivity contribution is 9.10. The van der Waals surface area contributed by atoms with Crippen LogP contribution in [0.3, 0.4) is 0 Å². The molecule has 1 N–H and O–H groups in total. The summed E-state index contributed by atoms with van der Waals surface area (Å²) in [5.41, 5.74) is 1.95. The number of benzene rings is 2. The molecule has 5 nitrogen and oxygen atoms in total. The van der Waals surface area contributed by atoms with Crippen molar-refractivity contribution in [2.75, 3.05) is 49.5 Å². The maximum Gasteiger partial charge on any atom is 0.238 e. The topological polar surface area (TPSA) is 44.8 Å². The Bertz CT molecular complexity index is 728. The number of amides is 1. The van der Waals surface area contributed by atoms with Crippen molar-refractivity contribution in [3.05, 3.63) is 53.0 Å². The van der Waals surface area contributed by atoms with Gasteiger partial charge in [0.25, 0.3) is 0 Å². The smallest absolute Gasteiger partial charge is 0.238 e. The number of piperazine rings is 1. The Balaban J connectivity index is 1.51. The zero-order valence-corrected chi connectivity index (χ0v) is 16.5. The number of carbonyl (C=O) groups excluding carboxylic acids is 1. The van der Waals surface area contributed by atoms with Crippen LogP contribution >= 0.6 is 15.9 Å². The molecule has 6 heteroatoms. The molecule has 1 aliphatic rings. The number of nitrogens with zero attached hydrogens (tertiary/aromatic N) is 2. The van der Waals surface area contributed by atoms with E-state index in [0.29, 0.717) is 13.2 Å². The number of nitrogens with one attached hydrogen (secondary N) is 1. The molecule has 2 aromatic rings. The van der Waals surface area contributed by atoms with Gasteiger partial charge in [-0.25, -0.2) is 0 Å². The highest BCUT2D eigenvalue weighted by Crippen LogP contribution is 2.28. The van der Waals surface area contributed by atoms with E-state index in [-0.39, 0.29) is 5.91 Å². The Kier molecular flexibility index (Phi) is 6.52. The number of para-hydroxylation sites is 2. The first kappa shape index (κ1) is 18.7. The van der Waals surface area contributed by atoms with Crippen LogP contribution in [0.5, 0.6) is 5.75 Å². The maximum atomic E-state index is 12.3. The van der Waals surface area contributed by atoms with Gasteiger partial charge in [0.2, 0.25) is 5.91 Å². The first-order valence-electron chi connectivity index (χ1n) is 8.90. The van der Waals surface area contributed by atoms with Gasteiger partial charge in [-0.05, 0) is 43.3 Å². The van der Waals surface area contributed by atoms with E-state index < -0.39 is 0 Å². The summed E-state index contributed by atoms with van der Waals surface area (Å²) in [6.45, 7) is 6.55. The lowest BCUT2D eigenvalue weighted by atomic mass is 10.2. The third-order valence-corrected chi connectivity index (χ3v) is 4.90. The minimum absolute atomic E-state index is 0.0236. The standard InChI is InChI=1S/C20H24BrN3O2/c1-2-26-19-6-4-3-5-18(19)24-13-11-23(12-14-24)15-20(25)22-17-9-7-16(21)8-10-17/h3-10H,2,11-15H2,1H3,(H,22,25). The van der Waals surface area contributed by atoms with Crippen molar-refractivity contribution >= 4 is 33.2 Å². The van der Waals surface area contributed by atoms with Crippen molar-refractivity contribution in [1.29, 1.82) is 0 Å². The first-order valence-corrected chi connectivity index (χ1v) is 9.69. The molecule has 1 fully saturated rings. The van der Waals surface area contributed by atoms with E-state index in [1.54, 1.807) is 0 Å². The fourth-order valence-corrected chi connectivity index (χ4v) is 3.34. The highest BCUT2D eigenvalue weighted by Gasteiger charge is 2.21. The van der Waals surface area contributed by atoms with Gasteiger partial charge in [-0.1, -0.05) is 28.1 Å². The van der Waals surface area contributed by atoms with E-state index >= 15 is 0 Å². The van der Waals surface area contributed by atoms with Crippen LogP contribution in [0.15, 0.2) is 53.0 Å². The second kappa shape index (κ2) is 9.05. The van der Waals surface area contributed by atoms with Crippen LogP contribution in [0.25, 0.3) is 0 Å². The molecule has 0 saturated carbocycles. The van der Waals surface area contributed by atoms with Gasteiger partial charge in [-0.15, -0.1) is 0 Å². The van der Waals surface area contributed by atoms with E-state index in [1.165, 1.54) is 0 Å². The highest BCUT2D eigenvalue weighted by atomic mass is 79.9. The monoisotopic (exact) mass is 417 g/mol. The number of rotatable bonds is 6. The van der Waals surface area contributed by atoms with Gasteiger partial charge in [0.15, 0.2) is 0 Å². The van der Waals surface area contributed by atoms with Crippen LogP contribution in [-0.4, -0.2) is 50.1 Å². The van der Waals surface area contributed by atoms with Crippen LogP contribution in [0.1, 0.15) is 6.92 Å². The van der Waals surface area contributed by atoms with E-state index in [1.807, 2.05) is 49.4 Å². The molecule has 1 saturated heterocycles. The summed E-state index contributed by atoms with van der Waals surface area (Å²) in [4.78, 5) is 16.8. The van der Waals surface area contributed by atoms with Gasteiger partial charge < -0.3 is 15.0 Å². The summed E-state index contributed by atoms with van der Waals surface area (Å²) in [5.74, 6) is 0.951. The predicted octanol–water partition coefficient (Wildman–Crippen LogP) is 3.61. The molecule has 0 atom stereocenters. The third kappa shape index (κ3) is 4.99. The summed E-state index contributed by atoms with van der Waals surface area (Å²) < 4.78 is 6.73. The molecule has 2 aromatic carbocycles. The van der Waals surface area contributed by atoms with E-state index in [9.17, 15) is 4.79 Å². The van der Waals surface area contributed by atoms with Crippen molar-refractivity contribution < 1.29 is 9.53 Å². The van der Waals surface area contributed by atoms with Crippen molar-refractivity contribution in [3.63, 3.8) is 0 Å². The Morgan fingerprint density at radius 1 is 1.08 bits per heavy atom. The van der Waals surface area contributed by atoms with Gasteiger partial charge in [0, 0.05) is 36.3 Å². The van der Waals surface area contributed by atoms with Gasteiger partial charge in [-0.2, -0.15) is 0 Å². The SMILES string of the molecule is CCOc1ccccc1N1CCN(CC(=O)Nc2ccc(Br)cc2)CC1. The Morgan fingerprint density at radius 2 is 1.77 bits per heavy atom. The normalized spacial score (nSPS) is 14.9. The average Bonchev–Trinajstić information content (AvgIpc) is 2.65. The molecule has 0 aliphatic carbocycles. The molecule has 1 amide bonds. The van der Waals surface area contributed by atoms with Gasteiger partial charge in [0.05, 0.1) is 18.8 Å². The quantitative estimate of drug-likeness (QED) is 0.779. The summed E-state index contributed by atoms with van der Waals surface area (Å²) in [7, 11) is 0. The van der Waals surface area contributed by atoms with Crippen LogP contribution < -0.4 is 15.0 Å². The molecule has 0 radical (unpaired) electrons. The van der Waals surface area contributed by atoms with Crippen LogP contribution in [0.4, 0.5) is 11.4 Å². The summed E-state index contributed by atoms with van der Waals surface area (Å²) in [6, 6.07) is 15.8. The van der Waals surface area contributed by atoms with Gasteiger partial charge >= 0.3 is 0 Å². The van der Waals surface area contributed by atoms with Crippen LogP contribution in [-0.2, 0) is 4.79 Å². The van der Waals surface area contributed by atoms with Crippen molar-refractivity contribution in [2.24, 2.45) is 0 Å². The van der Waals surface area contributed by atoms with E-state index in [0.717, 1.165) is 47.8 Å². The number of ether oxygens (including phenoxy) is 1. The third-order valence-electron chi connectivity index (χ3n) is 4.37. The Morgan fingerprint density at radius 3 is 2.46 bits per heavy atom. The van der Waals surface area contributed by atoms with Gasteiger partial charge in [-0.3, -0.25) is 9.69 Å². The van der Waals surface area contributed by atoms with Crippen LogP contribution in [0, 0.1) is 0 Å². The lowest BCUT2D eigenvalue weighted by Crippen LogP contribution is -2.48. The molecular formula is C20H24BrN3O2. The van der Waals surface area contributed by atoms with Crippen LogP contribution in [0.2, 0.25) is 0 Å². The number of anilines is 2. The minimum Gasteiger partial charge on any atom is -0.492 e. The zero-order chi connectivity index (χ0) is 18.4.